The maximum Gasteiger partial charge on any atom is 0.358 e. The van der Waals surface area contributed by atoms with Gasteiger partial charge < -0.3 is 4.74 Å². The summed E-state index contributed by atoms with van der Waals surface area (Å²) in [4.78, 5) is 19.2. The quantitative estimate of drug-likeness (QED) is 0.692. The Labute approximate surface area is 91.9 Å². The summed E-state index contributed by atoms with van der Waals surface area (Å²) in [5.74, 6) is -0.496. The number of carbonyl (C=O) groups excluding carboxylic acids is 1. The fraction of sp³-hybridized carbons (Fsp3) is 0.200. The number of hydrogen-bond acceptors (Lipinski definition) is 5. The highest BCUT2D eigenvalue weighted by atomic mass is 16.5. The lowest BCUT2D eigenvalue weighted by atomic mass is 10.3. The summed E-state index contributed by atoms with van der Waals surface area (Å²) in [6.45, 7) is 0. The summed E-state index contributed by atoms with van der Waals surface area (Å²) in [5, 5.41) is 4.02. The molecule has 0 radical (unpaired) electrons. The zero-order valence-electron chi connectivity index (χ0n) is 8.91. The third-order valence-corrected chi connectivity index (χ3v) is 2.13. The molecule has 0 aliphatic rings. The Balaban J connectivity index is 2.33. The monoisotopic (exact) mass is 218 g/mol. The van der Waals surface area contributed by atoms with Crippen LogP contribution >= 0.6 is 0 Å². The van der Waals surface area contributed by atoms with Crippen molar-refractivity contribution in [1.82, 2.24) is 19.7 Å². The van der Waals surface area contributed by atoms with Gasteiger partial charge in [0.05, 0.1) is 25.2 Å². The Bertz CT molecular complexity index is 504. The molecule has 0 unspecified atom stereocenters. The van der Waals surface area contributed by atoms with Crippen molar-refractivity contribution in [2.75, 3.05) is 7.11 Å². The van der Waals surface area contributed by atoms with Gasteiger partial charge in [0.1, 0.15) is 5.69 Å². The molecule has 2 aromatic rings. The van der Waals surface area contributed by atoms with Crippen molar-refractivity contribution in [3.05, 3.63) is 30.4 Å². The molecule has 2 rings (SSSR count). The molecule has 0 saturated heterocycles. The van der Waals surface area contributed by atoms with Crippen molar-refractivity contribution in [3.63, 3.8) is 0 Å². The zero-order valence-corrected chi connectivity index (χ0v) is 8.91. The fourth-order valence-electron chi connectivity index (χ4n) is 1.30. The minimum atomic E-state index is -0.496. The van der Waals surface area contributed by atoms with E-state index in [-0.39, 0.29) is 5.69 Å². The van der Waals surface area contributed by atoms with E-state index < -0.39 is 5.97 Å². The molecular weight excluding hydrogens is 208 g/mol. The molecule has 0 bridgehead atoms. The van der Waals surface area contributed by atoms with Gasteiger partial charge >= 0.3 is 5.97 Å². The van der Waals surface area contributed by atoms with E-state index in [2.05, 4.69) is 19.8 Å². The molecule has 0 aliphatic heterocycles. The van der Waals surface area contributed by atoms with E-state index in [4.69, 9.17) is 0 Å². The summed E-state index contributed by atoms with van der Waals surface area (Å²) >= 11 is 0. The molecule has 6 heteroatoms. The predicted octanol–water partition coefficient (Wildman–Crippen LogP) is 0.664. The number of methoxy groups -OCH3 is 1. The summed E-state index contributed by atoms with van der Waals surface area (Å²) < 4.78 is 6.21. The van der Waals surface area contributed by atoms with E-state index in [9.17, 15) is 4.79 Å². The summed E-state index contributed by atoms with van der Waals surface area (Å²) in [6.07, 6.45) is 4.57. The van der Waals surface area contributed by atoms with Crippen LogP contribution in [0, 0.1) is 0 Å². The number of hydrogen-bond donors (Lipinski definition) is 0. The SMILES string of the molecule is COC(=O)c1cnc(-c2ccnn2C)cn1. The molecule has 0 aromatic carbocycles. The van der Waals surface area contributed by atoms with Crippen molar-refractivity contribution in [1.29, 1.82) is 0 Å². The van der Waals surface area contributed by atoms with Crippen LogP contribution in [0.5, 0.6) is 0 Å². The van der Waals surface area contributed by atoms with Crippen LogP contribution in [0.4, 0.5) is 0 Å². The highest BCUT2D eigenvalue weighted by Crippen LogP contribution is 2.13. The Morgan fingerprint density at radius 1 is 1.38 bits per heavy atom. The Morgan fingerprint density at radius 3 is 2.69 bits per heavy atom. The average molecular weight is 218 g/mol. The van der Waals surface area contributed by atoms with Gasteiger partial charge in [0, 0.05) is 13.2 Å². The molecule has 0 saturated carbocycles. The van der Waals surface area contributed by atoms with Crippen molar-refractivity contribution in [2.45, 2.75) is 0 Å². The summed E-state index contributed by atoms with van der Waals surface area (Å²) in [6, 6.07) is 1.82. The second kappa shape index (κ2) is 4.09. The van der Waals surface area contributed by atoms with E-state index in [1.165, 1.54) is 19.5 Å². The van der Waals surface area contributed by atoms with Crippen LogP contribution in [0.25, 0.3) is 11.4 Å². The normalized spacial score (nSPS) is 10.1. The van der Waals surface area contributed by atoms with Gasteiger partial charge in [-0.25, -0.2) is 9.78 Å². The van der Waals surface area contributed by atoms with E-state index >= 15 is 0 Å². The smallest absolute Gasteiger partial charge is 0.358 e. The topological polar surface area (TPSA) is 69.9 Å². The molecule has 0 atom stereocenters. The van der Waals surface area contributed by atoms with Gasteiger partial charge in [-0.1, -0.05) is 0 Å². The van der Waals surface area contributed by atoms with Crippen molar-refractivity contribution < 1.29 is 9.53 Å². The summed E-state index contributed by atoms with van der Waals surface area (Å²) in [7, 11) is 3.12. The molecule has 0 N–H and O–H groups in total. The molecule has 16 heavy (non-hydrogen) atoms. The molecule has 0 amide bonds. The number of carbonyl (C=O) groups is 1. The zero-order chi connectivity index (χ0) is 11.5. The van der Waals surface area contributed by atoms with Crippen LogP contribution in [-0.4, -0.2) is 32.8 Å². The number of esters is 1. The first-order valence-corrected chi connectivity index (χ1v) is 4.61. The largest absolute Gasteiger partial charge is 0.464 e. The van der Waals surface area contributed by atoms with E-state index in [1.807, 2.05) is 13.1 Å². The molecule has 0 fully saturated rings. The number of nitrogens with zero attached hydrogens (tertiary/aromatic N) is 4. The van der Waals surface area contributed by atoms with Crippen LogP contribution in [-0.2, 0) is 11.8 Å². The van der Waals surface area contributed by atoms with E-state index in [0.29, 0.717) is 5.69 Å². The molecule has 0 aliphatic carbocycles. The van der Waals surface area contributed by atoms with Crippen molar-refractivity contribution >= 4 is 5.97 Å². The summed E-state index contributed by atoms with van der Waals surface area (Å²) in [5.41, 5.74) is 1.69. The third-order valence-electron chi connectivity index (χ3n) is 2.13. The second-order valence-electron chi connectivity index (χ2n) is 3.12. The first-order valence-electron chi connectivity index (χ1n) is 4.61. The number of aromatic nitrogens is 4. The van der Waals surface area contributed by atoms with Crippen LogP contribution < -0.4 is 0 Å². The van der Waals surface area contributed by atoms with Crippen LogP contribution in [0.1, 0.15) is 10.5 Å². The molecule has 82 valence electrons. The van der Waals surface area contributed by atoms with Gasteiger partial charge in [-0.2, -0.15) is 5.10 Å². The molecule has 2 aromatic heterocycles. The van der Waals surface area contributed by atoms with Crippen LogP contribution in [0.2, 0.25) is 0 Å². The molecule has 6 nitrogen and oxygen atoms in total. The first-order chi connectivity index (χ1) is 7.72. The maximum absolute atomic E-state index is 11.1. The van der Waals surface area contributed by atoms with E-state index in [1.54, 1.807) is 10.9 Å². The lowest BCUT2D eigenvalue weighted by Gasteiger charge is -2.01. The first kappa shape index (κ1) is 10.3. The van der Waals surface area contributed by atoms with Gasteiger partial charge in [0.15, 0.2) is 5.69 Å². The van der Waals surface area contributed by atoms with Gasteiger partial charge in [-0.15, -0.1) is 0 Å². The van der Waals surface area contributed by atoms with Crippen molar-refractivity contribution in [2.24, 2.45) is 7.05 Å². The number of ether oxygens (including phenoxy) is 1. The minimum Gasteiger partial charge on any atom is -0.464 e. The Morgan fingerprint density at radius 2 is 2.19 bits per heavy atom. The van der Waals surface area contributed by atoms with Crippen LogP contribution in [0.15, 0.2) is 24.7 Å². The van der Waals surface area contributed by atoms with Gasteiger partial charge in [-0.05, 0) is 6.07 Å². The van der Waals surface area contributed by atoms with Gasteiger partial charge in [-0.3, -0.25) is 9.67 Å². The second-order valence-corrected chi connectivity index (χ2v) is 3.12. The fourth-order valence-corrected chi connectivity index (χ4v) is 1.30. The lowest BCUT2D eigenvalue weighted by Crippen LogP contribution is -2.05. The molecule has 2 heterocycles. The highest BCUT2D eigenvalue weighted by Gasteiger charge is 2.09. The Kier molecular flexibility index (Phi) is 2.63. The Hall–Kier alpha value is -2.24. The third kappa shape index (κ3) is 1.77. The highest BCUT2D eigenvalue weighted by molar-refractivity contribution is 5.86. The minimum absolute atomic E-state index is 0.188. The predicted molar refractivity (Wildman–Crippen MR) is 55.6 cm³/mol. The number of aryl methyl sites for hydroxylation is 1. The lowest BCUT2D eigenvalue weighted by molar-refractivity contribution is 0.0593. The molecular formula is C10H10N4O2. The average Bonchev–Trinajstić information content (AvgIpc) is 2.75. The number of rotatable bonds is 2. The maximum atomic E-state index is 11.1. The molecule has 0 spiro atoms. The van der Waals surface area contributed by atoms with Gasteiger partial charge in [0.2, 0.25) is 0 Å². The van der Waals surface area contributed by atoms with E-state index in [0.717, 1.165) is 5.69 Å². The van der Waals surface area contributed by atoms with Crippen molar-refractivity contribution in [3.8, 4) is 11.4 Å². The standard InChI is InChI=1S/C10H10N4O2/c1-14-9(3-4-13-14)7-5-12-8(6-11-7)10(15)16-2/h3-6H,1-2H3. The van der Waals surface area contributed by atoms with Crippen LogP contribution in [0.3, 0.4) is 0 Å². The van der Waals surface area contributed by atoms with Gasteiger partial charge in [0.25, 0.3) is 0 Å².